The lowest BCUT2D eigenvalue weighted by Gasteiger charge is -2.13. The van der Waals surface area contributed by atoms with Gasteiger partial charge < -0.3 is 10.0 Å². The van der Waals surface area contributed by atoms with Crippen LogP contribution in [0.2, 0.25) is 0 Å². The zero-order chi connectivity index (χ0) is 11.1. The topological polar surface area (TPSA) is 40.5 Å². The van der Waals surface area contributed by atoms with Gasteiger partial charge in [0.05, 0.1) is 0 Å². The first-order valence-corrected chi connectivity index (χ1v) is 4.99. The van der Waals surface area contributed by atoms with Gasteiger partial charge in [0.1, 0.15) is 0 Å². The molecule has 0 unspecified atom stereocenters. The van der Waals surface area contributed by atoms with E-state index in [9.17, 15) is 10.0 Å². The van der Waals surface area contributed by atoms with Gasteiger partial charge in [-0.15, -0.1) is 0 Å². The molecular weight excluding hydrogens is 175 g/mol. The maximum absolute atomic E-state index is 9.29. The van der Waals surface area contributed by atoms with E-state index in [1.165, 1.54) is 0 Å². The van der Waals surface area contributed by atoms with Crippen molar-refractivity contribution < 1.29 is 10.0 Å². The average Bonchev–Trinajstić information content (AvgIpc) is 2.18. The van der Waals surface area contributed by atoms with Crippen molar-refractivity contribution in [1.82, 2.24) is 0 Å². The lowest BCUT2D eigenvalue weighted by Crippen LogP contribution is -2.19. The molecule has 0 aliphatic rings. The summed E-state index contributed by atoms with van der Waals surface area (Å²) in [6.45, 7) is 9.55. The minimum absolute atomic E-state index is 0.604. The van der Waals surface area contributed by atoms with E-state index in [0.29, 0.717) is 5.47 Å². The van der Waals surface area contributed by atoms with Crippen molar-refractivity contribution in [2.24, 2.45) is 0 Å². The third-order valence-electron chi connectivity index (χ3n) is 2.31. The Morgan fingerprint density at radius 2 is 1.86 bits per heavy atom. The quantitative estimate of drug-likeness (QED) is 0.520. The van der Waals surface area contributed by atoms with Crippen LogP contribution in [-0.2, 0) is 0 Å². The summed E-state index contributed by atoms with van der Waals surface area (Å²) in [5.74, 6) is 0. The fourth-order valence-corrected chi connectivity index (χ4v) is 1.53. The van der Waals surface area contributed by atoms with Gasteiger partial charge in [0.25, 0.3) is 0 Å². The summed E-state index contributed by atoms with van der Waals surface area (Å²) in [7, 11) is -1.41. The Hall–Kier alpha value is -0.795. The Labute approximate surface area is 86.8 Å². The summed E-state index contributed by atoms with van der Waals surface area (Å²) in [6, 6.07) is 0. The van der Waals surface area contributed by atoms with Crippen LogP contribution in [0.25, 0.3) is 0 Å². The van der Waals surface area contributed by atoms with Crippen molar-refractivity contribution in [3.05, 3.63) is 35.3 Å². The number of rotatable bonds is 5. The number of hydrogen-bond acceptors (Lipinski definition) is 2. The van der Waals surface area contributed by atoms with E-state index in [2.05, 4.69) is 6.58 Å². The maximum Gasteiger partial charge on any atom is 0.488 e. The van der Waals surface area contributed by atoms with Crippen LogP contribution in [0.3, 0.4) is 0 Å². The second-order valence-electron chi connectivity index (χ2n) is 3.04. The summed E-state index contributed by atoms with van der Waals surface area (Å²) in [5, 5.41) is 18.6. The number of hydrogen-bond donors (Lipinski definition) is 2. The summed E-state index contributed by atoms with van der Waals surface area (Å²) in [4.78, 5) is 0. The fourth-order valence-electron chi connectivity index (χ4n) is 1.53. The first-order chi connectivity index (χ1) is 6.62. The van der Waals surface area contributed by atoms with Crippen molar-refractivity contribution in [2.45, 2.75) is 33.6 Å². The van der Waals surface area contributed by atoms with E-state index in [1.54, 1.807) is 6.08 Å². The van der Waals surface area contributed by atoms with E-state index in [-0.39, 0.29) is 0 Å². The lowest BCUT2D eigenvalue weighted by atomic mass is 9.70. The molecule has 0 atom stereocenters. The molecule has 0 saturated heterocycles. The fraction of sp³-hybridized carbons (Fsp3) is 0.455. The van der Waals surface area contributed by atoms with Crippen molar-refractivity contribution in [1.29, 1.82) is 0 Å². The zero-order valence-electron chi connectivity index (χ0n) is 9.25. The average molecular weight is 194 g/mol. The second-order valence-corrected chi connectivity index (χ2v) is 3.04. The molecule has 3 heteroatoms. The van der Waals surface area contributed by atoms with Crippen LogP contribution in [0.4, 0.5) is 0 Å². The molecule has 0 aliphatic carbocycles. The molecular formula is C11H19BO2. The van der Waals surface area contributed by atoms with Gasteiger partial charge in [-0.25, -0.2) is 0 Å². The van der Waals surface area contributed by atoms with Crippen LogP contribution < -0.4 is 0 Å². The van der Waals surface area contributed by atoms with Crippen LogP contribution in [0.1, 0.15) is 33.6 Å². The highest BCUT2D eigenvalue weighted by Crippen LogP contribution is 2.21. The Balaban J connectivity index is 5.31. The highest BCUT2D eigenvalue weighted by molar-refractivity contribution is 6.52. The predicted octanol–water partition coefficient (Wildman–Crippen LogP) is 2.25. The molecule has 0 amide bonds. The summed E-state index contributed by atoms with van der Waals surface area (Å²) < 4.78 is 0. The van der Waals surface area contributed by atoms with Crippen molar-refractivity contribution in [3.63, 3.8) is 0 Å². The van der Waals surface area contributed by atoms with Crippen LogP contribution in [-0.4, -0.2) is 17.2 Å². The molecule has 78 valence electrons. The SMILES string of the molecule is C=C/C(CC)=C(B(O)O)\C(=C/C)CC. The minimum atomic E-state index is -1.41. The molecule has 0 aromatic rings. The first-order valence-electron chi connectivity index (χ1n) is 4.99. The third-order valence-corrected chi connectivity index (χ3v) is 2.31. The highest BCUT2D eigenvalue weighted by Gasteiger charge is 2.20. The van der Waals surface area contributed by atoms with Crippen LogP contribution in [0, 0.1) is 0 Å². The normalized spacial score (nSPS) is 13.6. The monoisotopic (exact) mass is 194 g/mol. The summed E-state index contributed by atoms with van der Waals surface area (Å²) >= 11 is 0. The van der Waals surface area contributed by atoms with Gasteiger partial charge in [-0.1, -0.05) is 38.2 Å². The van der Waals surface area contributed by atoms with Crippen molar-refractivity contribution >= 4 is 7.12 Å². The van der Waals surface area contributed by atoms with E-state index < -0.39 is 7.12 Å². The Morgan fingerprint density at radius 1 is 1.29 bits per heavy atom. The van der Waals surface area contributed by atoms with E-state index in [0.717, 1.165) is 24.0 Å². The van der Waals surface area contributed by atoms with Gasteiger partial charge in [0, 0.05) is 0 Å². The van der Waals surface area contributed by atoms with Gasteiger partial charge in [0.15, 0.2) is 0 Å². The van der Waals surface area contributed by atoms with Crippen molar-refractivity contribution in [3.8, 4) is 0 Å². The highest BCUT2D eigenvalue weighted by atomic mass is 16.4. The molecule has 0 aromatic carbocycles. The molecule has 0 radical (unpaired) electrons. The van der Waals surface area contributed by atoms with Gasteiger partial charge in [-0.3, -0.25) is 0 Å². The predicted molar refractivity (Wildman–Crippen MR) is 61.8 cm³/mol. The van der Waals surface area contributed by atoms with Gasteiger partial charge in [0.2, 0.25) is 0 Å². The molecule has 0 aromatic heterocycles. The minimum Gasteiger partial charge on any atom is -0.423 e. The maximum atomic E-state index is 9.29. The Morgan fingerprint density at radius 3 is 2.07 bits per heavy atom. The largest absolute Gasteiger partial charge is 0.488 e. The van der Waals surface area contributed by atoms with Gasteiger partial charge in [-0.05, 0) is 30.8 Å². The Bertz CT molecular complexity index is 252. The summed E-state index contributed by atoms with van der Waals surface area (Å²) in [5.41, 5.74) is 2.47. The molecule has 0 heterocycles. The molecule has 0 saturated carbocycles. The van der Waals surface area contributed by atoms with Crippen LogP contribution in [0.5, 0.6) is 0 Å². The van der Waals surface area contributed by atoms with Crippen molar-refractivity contribution in [2.75, 3.05) is 0 Å². The number of allylic oxidation sites excluding steroid dienone is 5. The molecule has 2 N–H and O–H groups in total. The van der Waals surface area contributed by atoms with Gasteiger partial charge in [-0.2, -0.15) is 0 Å². The Kier molecular flexibility index (Phi) is 6.25. The van der Waals surface area contributed by atoms with E-state index >= 15 is 0 Å². The zero-order valence-corrected chi connectivity index (χ0v) is 9.25. The first kappa shape index (κ1) is 13.2. The molecule has 0 rings (SSSR count). The molecule has 14 heavy (non-hydrogen) atoms. The molecule has 2 nitrogen and oxygen atoms in total. The van der Waals surface area contributed by atoms with Crippen LogP contribution >= 0.6 is 0 Å². The molecule has 0 fully saturated rings. The molecule has 0 spiro atoms. The lowest BCUT2D eigenvalue weighted by molar-refractivity contribution is 0.419. The smallest absolute Gasteiger partial charge is 0.423 e. The van der Waals surface area contributed by atoms with E-state index in [1.807, 2.05) is 26.8 Å². The second kappa shape index (κ2) is 6.63. The van der Waals surface area contributed by atoms with Gasteiger partial charge >= 0.3 is 7.12 Å². The third kappa shape index (κ3) is 3.16. The summed E-state index contributed by atoms with van der Waals surface area (Å²) in [6.07, 6.45) is 5.15. The molecule has 0 bridgehead atoms. The standard InChI is InChI=1S/C11H19BO2/c1-5-9(6-2)11(12(13)14)10(7-3)8-4/h5,7,13-14H,1,6,8H2,2-4H3/b10-7-,11-9-. The molecule has 0 aliphatic heterocycles. The van der Waals surface area contributed by atoms with E-state index in [4.69, 9.17) is 0 Å². The van der Waals surface area contributed by atoms with Crippen LogP contribution in [0.15, 0.2) is 35.3 Å².